The summed E-state index contributed by atoms with van der Waals surface area (Å²) < 4.78 is 16.8. The fourth-order valence-corrected chi connectivity index (χ4v) is 2.29. The number of hydrogen-bond acceptors (Lipinski definition) is 3. The zero-order chi connectivity index (χ0) is 13.4. The molecule has 1 atom stereocenters. The molecule has 2 aromatic rings. The Kier molecular flexibility index (Phi) is 3.00. The Morgan fingerprint density at radius 3 is 2.75 bits per heavy atom. The van der Waals surface area contributed by atoms with E-state index in [1.165, 1.54) is 12.8 Å². The van der Waals surface area contributed by atoms with Crippen LogP contribution in [0.4, 0.5) is 0 Å². The highest BCUT2D eigenvalue weighted by Gasteiger charge is 2.23. The number of rotatable bonds is 6. The molecular weight excluding hydrogens is 252 g/mol. The summed E-state index contributed by atoms with van der Waals surface area (Å²) in [6.45, 7) is 2.31. The summed E-state index contributed by atoms with van der Waals surface area (Å²) in [4.78, 5) is 0. The molecule has 0 radical (unpaired) electrons. The maximum absolute atomic E-state index is 5.93. The highest BCUT2D eigenvalue weighted by atomic mass is 16.6. The van der Waals surface area contributed by atoms with Crippen molar-refractivity contribution >= 4 is 10.8 Å². The number of benzene rings is 2. The zero-order valence-electron chi connectivity index (χ0n) is 11.4. The molecule has 1 saturated heterocycles. The quantitative estimate of drug-likeness (QED) is 0.754. The van der Waals surface area contributed by atoms with E-state index in [0.29, 0.717) is 12.7 Å². The minimum absolute atomic E-state index is 0.291. The molecule has 1 heterocycles. The van der Waals surface area contributed by atoms with E-state index in [4.69, 9.17) is 14.2 Å². The summed E-state index contributed by atoms with van der Waals surface area (Å²) in [5.41, 5.74) is 0. The van der Waals surface area contributed by atoms with Crippen LogP contribution < -0.4 is 9.47 Å². The highest BCUT2D eigenvalue weighted by molar-refractivity contribution is 5.89. The lowest BCUT2D eigenvalue weighted by molar-refractivity contribution is 0.263. The topological polar surface area (TPSA) is 31.0 Å². The van der Waals surface area contributed by atoms with Crippen molar-refractivity contribution in [3.05, 3.63) is 36.4 Å². The van der Waals surface area contributed by atoms with Crippen molar-refractivity contribution in [3.8, 4) is 11.5 Å². The van der Waals surface area contributed by atoms with Gasteiger partial charge in [-0.15, -0.1) is 0 Å². The van der Waals surface area contributed by atoms with E-state index in [0.717, 1.165) is 41.4 Å². The third-order valence-electron chi connectivity index (χ3n) is 3.82. The Morgan fingerprint density at radius 2 is 1.95 bits per heavy atom. The Morgan fingerprint density at radius 1 is 1.05 bits per heavy atom. The smallest absolute Gasteiger partial charge is 0.127 e. The first-order valence-electron chi connectivity index (χ1n) is 7.28. The molecule has 0 amide bonds. The molecule has 2 aromatic carbocycles. The van der Waals surface area contributed by atoms with Gasteiger partial charge in [-0.3, -0.25) is 0 Å². The van der Waals surface area contributed by atoms with E-state index >= 15 is 0 Å². The van der Waals surface area contributed by atoms with E-state index in [-0.39, 0.29) is 0 Å². The average Bonchev–Trinajstić information content (AvgIpc) is 3.37. The fourth-order valence-electron chi connectivity index (χ4n) is 2.29. The minimum Gasteiger partial charge on any atom is -0.493 e. The van der Waals surface area contributed by atoms with Gasteiger partial charge < -0.3 is 14.2 Å². The van der Waals surface area contributed by atoms with E-state index in [9.17, 15) is 0 Å². The summed E-state index contributed by atoms with van der Waals surface area (Å²) in [7, 11) is 0. The summed E-state index contributed by atoms with van der Waals surface area (Å²) in [5, 5.41) is 2.32. The van der Waals surface area contributed by atoms with E-state index in [1.54, 1.807) is 0 Å². The van der Waals surface area contributed by atoms with Gasteiger partial charge in [-0.05, 0) is 48.4 Å². The van der Waals surface area contributed by atoms with Crippen LogP contribution in [0.25, 0.3) is 10.8 Å². The summed E-state index contributed by atoms with van der Waals surface area (Å²) in [6, 6.07) is 12.3. The van der Waals surface area contributed by atoms with Gasteiger partial charge in [-0.1, -0.05) is 12.1 Å². The summed E-state index contributed by atoms with van der Waals surface area (Å²) in [6.07, 6.45) is 2.91. The Labute approximate surface area is 118 Å². The maximum atomic E-state index is 5.93. The molecular formula is C17H18O3. The molecule has 20 heavy (non-hydrogen) atoms. The third kappa shape index (κ3) is 2.73. The van der Waals surface area contributed by atoms with Crippen LogP contribution in [0.2, 0.25) is 0 Å². The first-order valence-corrected chi connectivity index (χ1v) is 7.28. The van der Waals surface area contributed by atoms with Crippen LogP contribution in [0.15, 0.2) is 36.4 Å². The van der Waals surface area contributed by atoms with E-state index < -0.39 is 0 Å². The molecule has 0 aromatic heterocycles. The first kappa shape index (κ1) is 12.0. The second-order valence-electron chi connectivity index (χ2n) is 5.66. The monoisotopic (exact) mass is 270 g/mol. The van der Waals surface area contributed by atoms with E-state index in [1.807, 2.05) is 18.2 Å². The van der Waals surface area contributed by atoms with Crippen molar-refractivity contribution in [2.75, 3.05) is 19.8 Å². The molecule has 4 rings (SSSR count). The molecule has 0 spiro atoms. The van der Waals surface area contributed by atoms with Gasteiger partial charge in [-0.2, -0.15) is 0 Å². The molecule has 2 aliphatic rings. The predicted octanol–water partition coefficient (Wildman–Crippen LogP) is 3.41. The Balaban J connectivity index is 1.54. The van der Waals surface area contributed by atoms with Crippen LogP contribution in [-0.2, 0) is 4.74 Å². The Hall–Kier alpha value is -1.74. The van der Waals surface area contributed by atoms with Crippen LogP contribution in [-0.4, -0.2) is 25.9 Å². The lowest BCUT2D eigenvalue weighted by atomic mass is 10.1. The molecule has 0 bridgehead atoms. The second-order valence-corrected chi connectivity index (χ2v) is 5.66. The van der Waals surface area contributed by atoms with Crippen molar-refractivity contribution in [2.24, 2.45) is 5.92 Å². The number of hydrogen-bond donors (Lipinski definition) is 0. The molecule has 3 nitrogen and oxygen atoms in total. The van der Waals surface area contributed by atoms with E-state index in [2.05, 4.69) is 18.2 Å². The standard InChI is InChI=1S/C17H18O3/c1-2-13-8-14(18-10-15-11-19-15)6-7-16(13)17(3-1)20-9-12-4-5-12/h1-3,6-8,12,15H,4-5,9-11H2. The van der Waals surface area contributed by atoms with Gasteiger partial charge in [0.05, 0.1) is 13.2 Å². The summed E-state index contributed by atoms with van der Waals surface area (Å²) >= 11 is 0. The SMILES string of the molecule is c1cc(OCC2CC2)c2ccc(OCC3CO3)cc2c1. The number of fused-ring (bicyclic) bond motifs is 1. The van der Waals surface area contributed by atoms with Crippen molar-refractivity contribution in [1.29, 1.82) is 0 Å². The fraction of sp³-hybridized carbons (Fsp3) is 0.412. The van der Waals surface area contributed by atoms with Gasteiger partial charge in [0, 0.05) is 5.39 Å². The van der Waals surface area contributed by atoms with Crippen molar-refractivity contribution in [1.82, 2.24) is 0 Å². The molecule has 104 valence electrons. The van der Waals surface area contributed by atoms with Gasteiger partial charge in [0.25, 0.3) is 0 Å². The molecule has 1 aliphatic carbocycles. The van der Waals surface area contributed by atoms with Crippen molar-refractivity contribution in [3.63, 3.8) is 0 Å². The van der Waals surface area contributed by atoms with Gasteiger partial charge in [-0.25, -0.2) is 0 Å². The van der Waals surface area contributed by atoms with Crippen LogP contribution in [0.5, 0.6) is 11.5 Å². The lowest BCUT2D eigenvalue weighted by Gasteiger charge is -2.10. The molecule has 3 heteroatoms. The van der Waals surface area contributed by atoms with Crippen LogP contribution in [0, 0.1) is 5.92 Å². The van der Waals surface area contributed by atoms with Crippen molar-refractivity contribution < 1.29 is 14.2 Å². The third-order valence-corrected chi connectivity index (χ3v) is 3.82. The van der Waals surface area contributed by atoms with Crippen LogP contribution in [0.1, 0.15) is 12.8 Å². The van der Waals surface area contributed by atoms with Crippen molar-refractivity contribution in [2.45, 2.75) is 18.9 Å². The Bertz CT molecular complexity index is 615. The molecule has 1 unspecified atom stereocenters. The van der Waals surface area contributed by atoms with Crippen LogP contribution >= 0.6 is 0 Å². The largest absolute Gasteiger partial charge is 0.493 e. The van der Waals surface area contributed by atoms with Gasteiger partial charge in [0.1, 0.15) is 24.2 Å². The maximum Gasteiger partial charge on any atom is 0.127 e. The first-order chi connectivity index (χ1) is 9.88. The predicted molar refractivity (Wildman–Crippen MR) is 77.4 cm³/mol. The zero-order valence-corrected chi connectivity index (χ0v) is 11.4. The summed E-state index contributed by atoms with van der Waals surface area (Å²) in [5.74, 6) is 2.64. The highest BCUT2D eigenvalue weighted by Crippen LogP contribution is 2.33. The second kappa shape index (κ2) is 4.98. The molecule has 2 fully saturated rings. The van der Waals surface area contributed by atoms with Crippen LogP contribution in [0.3, 0.4) is 0 Å². The minimum atomic E-state index is 0.291. The lowest BCUT2D eigenvalue weighted by Crippen LogP contribution is -2.04. The molecule has 1 aliphatic heterocycles. The molecule has 0 N–H and O–H groups in total. The van der Waals surface area contributed by atoms with Gasteiger partial charge in [0.15, 0.2) is 0 Å². The van der Waals surface area contributed by atoms with Gasteiger partial charge >= 0.3 is 0 Å². The molecule has 1 saturated carbocycles. The average molecular weight is 270 g/mol. The van der Waals surface area contributed by atoms with Gasteiger partial charge in [0.2, 0.25) is 0 Å². The normalized spacial score (nSPS) is 20.9. The number of ether oxygens (including phenoxy) is 3. The number of epoxide rings is 1.